The third kappa shape index (κ3) is 3.76. The van der Waals surface area contributed by atoms with Gasteiger partial charge in [0.2, 0.25) is 11.3 Å². The van der Waals surface area contributed by atoms with Crippen molar-refractivity contribution in [1.29, 1.82) is 0 Å². The maximum Gasteiger partial charge on any atom is 0.231 e. The lowest BCUT2D eigenvalue weighted by atomic mass is 9.96. The van der Waals surface area contributed by atoms with Crippen LogP contribution in [-0.2, 0) is 17.7 Å². The molecule has 0 amide bonds. The Bertz CT molecular complexity index is 1260. The molecule has 10 heteroatoms. The van der Waals surface area contributed by atoms with E-state index in [0.717, 1.165) is 10.8 Å². The molecule has 0 aliphatic rings. The Hall–Kier alpha value is -2.95. The number of nitrogens with one attached hydrogen (secondary N) is 2. The van der Waals surface area contributed by atoms with Crippen LogP contribution in [0.3, 0.4) is 0 Å². The molecular weight excluding hydrogens is 414 g/mol. The van der Waals surface area contributed by atoms with E-state index in [0.29, 0.717) is 28.8 Å². The van der Waals surface area contributed by atoms with E-state index in [4.69, 9.17) is 9.29 Å². The van der Waals surface area contributed by atoms with E-state index >= 15 is 4.39 Å². The molecule has 30 heavy (non-hydrogen) atoms. The zero-order chi connectivity index (χ0) is 21.3. The Labute approximate surface area is 172 Å². The molecule has 0 aliphatic carbocycles. The Morgan fingerprint density at radius 3 is 2.83 bits per heavy atom. The van der Waals surface area contributed by atoms with E-state index in [2.05, 4.69) is 19.9 Å². The second kappa shape index (κ2) is 8.42. The molecule has 0 fully saturated rings. The summed E-state index contributed by atoms with van der Waals surface area (Å²) in [6.45, 7) is 0.223. The van der Waals surface area contributed by atoms with Crippen LogP contribution in [0.5, 0.6) is 5.75 Å². The van der Waals surface area contributed by atoms with Crippen LogP contribution in [0, 0.1) is 11.6 Å². The van der Waals surface area contributed by atoms with Crippen LogP contribution in [0.1, 0.15) is 12.0 Å². The molecule has 0 radical (unpaired) electrons. The van der Waals surface area contributed by atoms with E-state index in [9.17, 15) is 8.60 Å². The van der Waals surface area contributed by atoms with Crippen molar-refractivity contribution in [3.63, 3.8) is 0 Å². The smallest absolute Gasteiger partial charge is 0.231 e. The maximum atomic E-state index is 15.3. The third-order valence-electron chi connectivity index (χ3n) is 4.90. The van der Waals surface area contributed by atoms with E-state index in [-0.39, 0.29) is 24.1 Å². The van der Waals surface area contributed by atoms with Crippen LogP contribution in [-0.4, -0.2) is 37.6 Å². The number of aryl methyl sites for hydroxylation is 1. The summed E-state index contributed by atoms with van der Waals surface area (Å²) >= 11 is -2.12. The largest absolute Gasteiger partial charge is 0.496 e. The number of halogens is 2. The first-order chi connectivity index (χ1) is 14.5. The molecule has 2 heterocycles. The van der Waals surface area contributed by atoms with Crippen LogP contribution < -0.4 is 9.46 Å². The molecule has 0 saturated carbocycles. The SMILES string of the molecule is COc1cc2c(cnc3[nH]ncc32)cc1-c1c(F)ccc(CCCNS(=O)O)c1F. The van der Waals surface area contributed by atoms with Crippen molar-refractivity contribution < 1.29 is 22.3 Å². The number of hydrogen-bond donors (Lipinski definition) is 3. The predicted octanol–water partition coefficient (Wildman–Crippen LogP) is 3.72. The number of nitrogens with zero attached hydrogens (tertiary/aromatic N) is 2. The molecule has 3 N–H and O–H groups in total. The van der Waals surface area contributed by atoms with Crippen LogP contribution in [0.2, 0.25) is 0 Å². The second-order valence-electron chi connectivity index (χ2n) is 6.67. The van der Waals surface area contributed by atoms with Gasteiger partial charge in [0.15, 0.2) is 5.65 Å². The quantitative estimate of drug-likeness (QED) is 0.305. The van der Waals surface area contributed by atoms with Crippen LogP contribution in [0.15, 0.2) is 36.7 Å². The van der Waals surface area contributed by atoms with Gasteiger partial charge < -0.3 is 4.74 Å². The Morgan fingerprint density at radius 2 is 2.07 bits per heavy atom. The zero-order valence-electron chi connectivity index (χ0n) is 15.9. The van der Waals surface area contributed by atoms with Gasteiger partial charge in [0, 0.05) is 29.1 Å². The van der Waals surface area contributed by atoms with Gasteiger partial charge in [-0.2, -0.15) is 5.10 Å². The van der Waals surface area contributed by atoms with Gasteiger partial charge in [-0.1, -0.05) is 6.07 Å². The average molecular weight is 432 g/mol. The maximum absolute atomic E-state index is 15.3. The van der Waals surface area contributed by atoms with Gasteiger partial charge in [-0.05, 0) is 42.0 Å². The first-order valence-electron chi connectivity index (χ1n) is 9.11. The number of fused-ring (bicyclic) bond motifs is 3. The fourth-order valence-corrected chi connectivity index (χ4v) is 3.80. The number of H-pyrrole nitrogens is 1. The summed E-state index contributed by atoms with van der Waals surface area (Å²) in [6.07, 6.45) is 3.93. The summed E-state index contributed by atoms with van der Waals surface area (Å²) in [7, 11) is 1.44. The highest BCUT2D eigenvalue weighted by Crippen LogP contribution is 2.39. The Morgan fingerprint density at radius 1 is 1.23 bits per heavy atom. The number of aromatic nitrogens is 3. The zero-order valence-corrected chi connectivity index (χ0v) is 16.7. The highest BCUT2D eigenvalue weighted by Gasteiger charge is 2.20. The molecule has 1 atom stereocenters. The monoisotopic (exact) mass is 432 g/mol. The third-order valence-corrected chi connectivity index (χ3v) is 5.35. The van der Waals surface area contributed by atoms with Crippen LogP contribution in [0.4, 0.5) is 8.78 Å². The lowest BCUT2D eigenvalue weighted by Crippen LogP contribution is -2.18. The number of rotatable bonds is 7. The summed E-state index contributed by atoms with van der Waals surface area (Å²) in [5.74, 6) is -1.07. The molecule has 2 aromatic heterocycles. The van der Waals surface area contributed by atoms with Gasteiger partial charge in [0.05, 0.1) is 18.9 Å². The predicted molar refractivity (Wildman–Crippen MR) is 110 cm³/mol. The number of methoxy groups -OCH3 is 1. The van der Waals surface area contributed by atoms with Crippen molar-refractivity contribution in [2.24, 2.45) is 0 Å². The standard InChI is InChI=1S/C20H18F2N4O3S/c1-29-17-8-13-12(9-23-20-15(13)10-24-26-20)7-14(17)18-16(21)5-4-11(19(18)22)3-2-6-25-30(27)28/h4-5,7-10,25H,2-3,6H2,1H3,(H,27,28)(H,23,24,26). The van der Waals surface area contributed by atoms with Crippen molar-refractivity contribution in [3.8, 4) is 16.9 Å². The van der Waals surface area contributed by atoms with Crippen molar-refractivity contribution in [3.05, 3.63) is 53.9 Å². The van der Waals surface area contributed by atoms with Crippen molar-refractivity contribution in [2.75, 3.05) is 13.7 Å². The van der Waals surface area contributed by atoms with Crippen LogP contribution >= 0.6 is 0 Å². The van der Waals surface area contributed by atoms with Gasteiger partial charge in [-0.15, -0.1) is 0 Å². The minimum Gasteiger partial charge on any atom is -0.496 e. The van der Waals surface area contributed by atoms with Gasteiger partial charge in [0.25, 0.3) is 0 Å². The minimum atomic E-state index is -2.12. The van der Waals surface area contributed by atoms with Gasteiger partial charge in [-0.3, -0.25) is 9.65 Å². The fraction of sp³-hybridized carbons (Fsp3) is 0.200. The van der Waals surface area contributed by atoms with E-state index in [1.54, 1.807) is 24.5 Å². The first kappa shape index (κ1) is 20.3. The van der Waals surface area contributed by atoms with Crippen LogP contribution in [0.25, 0.3) is 32.9 Å². The average Bonchev–Trinajstić information content (AvgIpc) is 3.21. The summed E-state index contributed by atoms with van der Waals surface area (Å²) in [5, 5.41) is 9.05. The summed E-state index contributed by atoms with van der Waals surface area (Å²) in [6, 6.07) is 5.96. The van der Waals surface area contributed by atoms with Crippen molar-refractivity contribution in [2.45, 2.75) is 12.8 Å². The highest BCUT2D eigenvalue weighted by molar-refractivity contribution is 7.77. The topological polar surface area (TPSA) is 100 Å². The summed E-state index contributed by atoms with van der Waals surface area (Å²) in [5.41, 5.74) is 1.01. The molecular formula is C20H18F2N4O3S. The van der Waals surface area contributed by atoms with Crippen molar-refractivity contribution in [1.82, 2.24) is 19.9 Å². The highest BCUT2D eigenvalue weighted by atomic mass is 32.2. The normalized spacial score (nSPS) is 12.5. The fourth-order valence-electron chi connectivity index (χ4n) is 3.48. The van der Waals surface area contributed by atoms with Gasteiger partial charge in [-0.25, -0.2) is 22.7 Å². The number of benzene rings is 2. The van der Waals surface area contributed by atoms with Crippen molar-refractivity contribution >= 4 is 33.1 Å². The number of ether oxygens (including phenoxy) is 1. The molecule has 0 aliphatic heterocycles. The molecule has 4 aromatic rings. The molecule has 0 spiro atoms. The minimum absolute atomic E-state index is 0.183. The molecule has 7 nitrogen and oxygen atoms in total. The molecule has 0 saturated heterocycles. The number of hydrogen-bond acceptors (Lipinski definition) is 4. The first-order valence-corrected chi connectivity index (χ1v) is 10.2. The lowest BCUT2D eigenvalue weighted by molar-refractivity contribution is 0.416. The van der Waals surface area contributed by atoms with E-state index in [1.165, 1.54) is 19.2 Å². The van der Waals surface area contributed by atoms with Gasteiger partial charge in [0.1, 0.15) is 17.4 Å². The Kier molecular flexibility index (Phi) is 5.71. The summed E-state index contributed by atoms with van der Waals surface area (Å²) < 4.78 is 57.2. The van der Waals surface area contributed by atoms with E-state index in [1.807, 2.05) is 0 Å². The number of aromatic amines is 1. The number of pyridine rings is 1. The molecule has 0 bridgehead atoms. The molecule has 156 valence electrons. The second-order valence-corrected chi connectivity index (χ2v) is 7.46. The van der Waals surface area contributed by atoms with E-state index < -0.39 is 22.9 Å². The lowest BCUT2D eigenvalue weighted by Gasteiger charge is -2.14. The summed E-state index contributed by atoms with van der Waals surface area (Å²) in [4.78, 5) is 4.29. The van der Waals surface area contributed by atoms with Gasteiger partial charge >= 0.3 is 0 Å². The molecule has 2 aromatic carbocycles. The molecule has 4 rings (SSSR count). The molecule has 1 unspecified atom stereocenters. The Balaban J connectivity index is 1.79.